The van der Waals surface area contributed by atoms with Crippen molar-refractivity contribution in [2.75, 3.05) is 54.1 Å². The van der Waals surface area contributed by atoms with Crippen LogP contribution in [0.25, 0.3) is 0 Å². The van der Waals surface area contributed by atoms with Crippen molar-refractivity contribution < 1.29 is 37.3 Å². The monoisotopic (exact) mass is 793 g/mol. The number of nitrogens with zero attached hydrogens (tertiary/aromatic N) is 1. The molecule has 0 heterocycles. The lowest BCUT2D eigenvalue weighted by atomic mass is 10.1. The summed E-state index contributed by atoms with van der Waals surface area (Å²) in [6, 6.07) is 0. The van der Waals surface area contributed by atoms with Crippen molar-refractivity contribution in [1.29, 1.82) is 0 Å². The Morgan fingerprint density at radius 1 is 0.564 bits per heavy atom. The number of hydrogen-bond donors (Lipinski definition) is 1. The summed E-state index contributed by atoms with van der Waals surface area (Å²) in [7, 11) is 1.64. The predicted molar refractivity (Wildman–Crippen MR) is 233 cm³/mol. The van der Waals surface area contributed by atoms with Crippen LogP contribution in [0.15, 0.2) is 72.9 Å². The highest BCUT2D eigenvalue weighted by molar-refractivity contribution is 7.47. The van der Waals surface area contributed by atoms with Gasteiger partial charge in [-0.3, -0.25) is 13.8 Å². The zero-order chi connectivity index (χ0) is 40.6. The first-order chi connectivity index (χ1) is 26.6. The summed E-state index contributed by atoms with van der Waals surface area (Å²) in [6.45, 7) is 5.34. The van der Waals surface area contributed by atoms with E-state index in [1.165, 1.54) is 38.5 Å². The molecule has 2 atom stereocenters. The predicted octanol–water partition coefficient (Wildman–Crippen LogP) is 12.7. The molecule has 0 saturated heterocycles. The molecule has 0 radical (unpaired) electrons. The van der Waals surface area contributed by atoms with Crippen LogP contribution in [0.1, 0.15) is 155 Å². The average molecular weight is 793 g/mol. The fraction of sp³-hybridized carbons (Fsp3) is 0.717. The number of carbonyl (C=O) groups excluding carboxylic acids is 1. The molecule has 0 aliphatic carbocycles. The van der Waals surface area contributed by atoms with Crippen molar-refractivity contribution in [3.8, 4) is 0 Å². The van der Waals surface area contributed by atoms with Crippen LogP contribution in [0.3, 0.4) is 0 Å². The van der Waals surface area contributed by atoms with Crippen molar-refractivity contribution >= 4 is 13.8 Å². The molecule has 0 aromatic carbocycles. The number of ether oxygens (including phenoxy) is 2. The van der Waals surface area contributed by atoms with E-state index in [2.05, 4.69) is 86.8 Å². The maximum atomic E-state index is 12.7. The normalized spacial score (nSPS) is 14.5. The number of esters is 1. The van der Waals surface area contributed by atoms with Gasteiger partial charge >= 0.3 is 13.8 Å². The van der Waals surface area contributed by atoms with Gasteiger partial charge in [-0.05, 0) is 77.0 Å². The van der Waals surface area contributed by atoms with Gasteiger partial charge in [-0.15, -0.1) is 0 Å². The minimum atomic E-state index is -4.28. The summed E-state index contributed by atoms with van der Waals surface area (Å²) < 4.78 is 35.0. The SMILES string of the molecule is CC/C=C\C/C=C\C/C=C\CCCCCCCCCCOCC(COP(=O)(O)OCC[N+](C)(C)C)OC(=O)CCCCCCC/C=C\C/C=C\C/C=C\CC. The Labute approximate surface area is 338 Å². The highest BCUT2D eigenvalue weighted by Crippen LogP contribution is 2.43. The number of phosphoric ester groups is 1. The molecule has 0 aromatic rings. The zero-order valence-corrected chi connectivity index (χ0v) is 36.8. The molecule has 0 aliphatic heterocycles. The van der Waals surface area contributed by atoms with Crippen LogP contribution in [-0.4, -0.2) is 75.6 Å². The highest BCUT2D eigenvalue weighted by Gasteiger charge is 2.26. The second kappa shape index (κ2) is 38.8. The fourth-order valence-corrected chi connectivity index (χ4v) is 6.20. The van der Waals surface area contributed by atoms with Gasteiger partial charge in [0.2, 0.25) is 0 Å². The number of unbranched alkanes of at least 4 members (excludes halogenated alkanes) is 13. The third-order valence-electron chi connectivity index (χ3n) is 8.76. The van der Waals surface area contributed by atoms with Crippen LogP contribution in [-0.2, 0) is 27.9 Å². The Morgan fingerprint density at radius 2 is 1.00 bits per heavy atom. The standard InChI is InChI=1S/C46H82NO7P/c1-6-8-10-12-14-16-18-20-22-23-24-26-28-30-32-34-36-38-41-51-43-45(44-53-55(49,50)52-42-40-47(3,4)5)54-46(48)39-37-35-33-31-29-27-25-21-19-17-15-13-11-9-7-2/h8-11,14-17,20-22,25,45H,6-7,12-13,18-19,23-24,26-44H2,1-5H3/p+1/b10-8-,11-9-,16-14-,17-15-,22-20-,25-21-. The van der Waals surface area contributed by atoms with Crippen molar-refractivity contribution in [2.24, 2.45) is 0 Å². The summed E-state index contributed by atoms with van der Waals surface area (Å²) in [5.74, 6) is -0.337. The summed E-state index contributed by atoms with van der Waals surface area (Å²) in [6.07, 6.45) is 49.3. The van der Waals surface area contributed by atoms with Gasteiger partial charge in [0.1, 0.15) is 19.3 Å². The largest absolute Gasteiger partial charge is 0.472 e. The fourth-order valence-electron chi connectivity index (χ4n) is 5.46. The van der Waals surface area contributed by atoms with Crippen LogP contribution in [0, 0.1) is 0 Å². The molecule has 1 N–H and O–H groups in total. The van der Waals surface area contributed by atoms with E-state index in [4.69, 9.17) is 18.5 Å². The second-order valence-corrected chi connectivity index (χ2v) is 16.8. The smallest absolute Gasteiger partial charge is 0.457 e. The Hall–Kier alpha value is -2.06. The molecule has 9 heteroatoms. The average Bonchev–Trinajstić information content (AvgIpc) is 3.13. The number of hydrogen-bond acceptors (Lipinski definition) is 6. The Kier molecular flexibility index (Phi) is 37.3. The second-order valence-electron chi connectivity index (χ2n) is 15.3. The Bertz CT molecular complexity index is 1110. The molecule has 0 rings (SSSR count). The van der Waals surface area contributed by atoms with Crippen LogP contribution in [0.4, 0.5) is 0 Å². The molecule has 0 saturated carbocycles. The summed E-state index contributed by atoms with van der Waals surface area (Å²) >= 11 is 0. The van der Waals surface area contributed by atoms with E-state index in [1.807, 2.05) is 21.1 Å². The number of carbonyl (C=O) groups is 1. The quantitative estimate of drug-likeness (QED) is 0.0218. The molecule has 0 fully saturated rings. The van der Waals surface area contributed by atoms with E-state index in [1.54, 1.807) is 0 Å². The van der Waals surface area contributed by atoms with Gasteiger partial charge in [0.15, 0.2) is 0 Å². The van der Waals surface area contributed by atoms with Crippen molar-refractivity contribution in [3.05, 3.63) is 72.9 Å². The van der Waals surface area contributed by atoms with E-state index >= 15 is 0 Å². The molecule has 55 heavy (non-hydrogen) atoms. The molecule has 0 spiro atoms. The maximum absolute atomic E-state index is 12.7. The van der Waals surface area contributed by atoms with Gasteiger partial charge in [0, 0.05) is 13.0 Å². The van der Waals surface area contributed by atoms with Gasteiger partial charge < -0.3 is 18.9 Å². The number of quaternary nitrogens is 1. The minimum absolute atomic E-state index is 0.0796. The maximum Gasteiger partial charge on any atom is 0.472 e. The molecular formula is C46H83NO7P+. The van der Waals surface area contributed by atoms with Gasteiger partial charge in [-0.2, -0.15) is 0 Å². The van der Waals surface area contributed by atoms with E-state index in [0.29, 0.717) is 24.1 Å². The minimum Gasteiger partial charge on any atom is -0.457 e. The summed E-state index contributed by atoms with van der Waals surface area (Å²) in [4.78, 5) is 22.9. The third-order valence-corrected chi connectivity index (χ3v) is 9.75. The Morgan fingerprint density at radius 3 is 1.49 bits per heavy atom. The van der Waals surface area contributed by atoms with Crippen LogP contribution < -0.4 is 0 Å². The summed E-state index contributed by atoms with van der Waals surface area (Å²) in [5, 5.41) is 0. The molecular weight excluding hydrogens is 709 g/mol. The number of phosphoric acid groups is 1. The lowest BCUT2D eigenvalue weighted by Gasteiger charge is -2.24. The van der Waals surface area contributed by atoms with E-state index < -0.39 is 13.9 Å². The van der Waals surface area contributed by atoms with E-state index in [0.717, 1.165) is 96.3 Å². The topological polar surface area (TPSA) is 91.3 Å². The van der Waals surface area contributed by atoms with Crippen LogP contribution in [0.5, 0.6) is 0 Å². The summed E-state index contributed by atoms with van der Waals surface area (Å²) in [5.41, 5.74) is 0. The molecule has 318 valence electrons. The third kappa shape index (κ3) is 42.9. The first-order valence-corrected chi connectivity index (χ1v) is 23.2. The molecule has 2 unspecified atom stereocenters. The highest BCUT2D eigenvalue weighted by atomic mass is 31.2. The van der Waals surface area contributed by atoms with Crippen molar-refractivity contribution in [2.45, 2.75) is 161 Å². The molecule has 0 amide bonds. The van der Waals surface area contributed by atoms with Gasteiger partial charge in [0.05, 0.1) is 34.4 Å². The molecule has 8 nitrogen and oxygen atoms in total. The van der Waals surface area contributed by atoms with E-state index in [-0.39, 0.29) is 25.8 Å². The molecule has 0 bridgehead atoms. The van der Waals surface area contributed by atoms with Crippen molar-refractivity contribution in [3.63, 3.8) is 0 Å². The lowest BCUT2D eigenvalue weighted by Crippen LogP contribution is -2.37. The van der Waals surface area contributed by atoms with Gasteiger partial charge in [-0.1, -0.05) is 145 Å². The van der Waals surface area contributed by atoms with Crippen LogP contribution in [0.2, 0.25) is 0 Å². The number of rotatable bonds is 39. The number of likely N-dealkylation sites (N-methyl/N-ethyl adjacent to an activating group) is 1. The molecule has 0 aliphatic rings. The number of allylic oxidation sites excluding steroid dienone is 12. The Balaban J connectivity index is 4.28. The first-order valence-electron chi connectivity index (χ1n) is 21.7. The van der Waals surface area contributed by atoms with Gasteiger partial charge in [-0.25, -0.2) is 4.57 Å². The van der Waals surface area contributed by atoms with Crippen LogP contribution >= 0.6 is 7.82 Å². The van der Waals surface area contributed by atoms with Gasteiger partial charge in [0.25, 0.3) is 0 Å². The van der Waals surface area contributed by atoms with Crippen molar-refractivity contribution in [1.82, 2.24) is 0 Å². The first kappa shape index (κ1) is 52.9. The van der Waals surface area contributed by atoms with E-state index in [9.17, 15) is 14.3 Å². The lowest BCUT2D eigenvalue weighted by molar-refractivity contribution is -0.870. The zero-order valence-electron chi connectivity index (χ0n) is 35.9. The molecule has 0 aromatic heterocycles.